The molecule has 0 atom stereocenters. The number of halogens is 4. The van der Waals surface area contributed by atoms with E-state index in [0.717, 1.165) is 26.1 Å². The summed E-state index contributed by atoms with van der Waals surface area (Å²) in [6.45, 7) is 2.75. The highest BCUT2D eigenvalue weighted by Crippen LogP contribution is 2.16. The first-order valence-electron chi connectivity index (χ1n) is 6.28. The molecule has 0 unspecified atom stereocenters. The van der Waals surface area contributed by atoms with Gasteiger partial charge in [0.2, 0.25) is 0 Å². The predicted molar refractivity (Wildman–Crippen MR) is 96.8 cm³/mol. The van der Waals surface area contributed by atoms with Gasteiger partial charge >= 0.3 is 0 Å². The maximum absolute atomic E-state index is 5.81. The summed E-state index contributed by atoms with van der Waals surface area (Å²) in [4.78, 5) is 4.41. The molecule has 0 aliphatic rings. The van der Waals surface area contributed by atoms with Crippen LogP contribution >= 0.6 is 48.0 Å². The second-order valence-electron chi connectivity index (χ2n) is 4.58. The Hall–Kier alpha value is 0.140. The number of rotatable bonds is 8. The summed E-state index contributed by atoms with van der Waals surface area (Å²) in [5, 5.41) is 0. The molecule has 2 nitrogen and oxygen atoms in total. The van der Waals surface area contributed by atoms with E-state index in [1.54, 1.807) is 0 Å². The molecule has 118 valence electrons. The Labute approximate surface area is 145 Å². The van der Waals surface area contributed by atoms with Gasteiger partial charge in [-0.3, -0.25) is 0 Å². The van der Waals surface area contributed by atoms with Crippen LogP contribution < -0.4 is 4.90 Å². The molecule has 0 saturated carbocycles. The molecule has 1 aromatic carbocycles. The Morgan fingerprint density at radius 3 is 1.75 bits per heavy atom. The number of alkyl halides is 2. The van der Waals surface area contributed by atoms with Crippen molar-refractivity contribution in [2.45, 2.75) is 6.42 Å². The Kier molecular flexibility index (Phi) is 14.4. The normalized spacial score (nSPS) is 9.85. The van der Waals surface area contributed by atoms with E-state index in [1.807, 2.05) is 0 Å². The van der Waals surface area contributed by atoms with Crippen molar-refractivity contribution in [1.29, 1.82) is 0 Å². The van der Waals surface area contributed by atoms with E-state index in [0.29, 0.717) is 11.8 Å². The largest absolute Gasteiger partial charge is 0.369 e. The van der Waals surface area contributed by atoms with E-state index < -0.39 is 0 Å². The second-order valence-corrected chi connectivity index (χ2v) is 5.34. The fourth-order valence-corrected chi connectivity index (χ4v) is 2.21. The van der Waals surface area contributed by atoms with Crippen LogP contribution in [0.15, 0.2) is 24.3 Å². The fraction of sp³-hybridized carbons (Fsp3) is 0.571. The average molecular weight is 362 g/mol. The first-order chi connectivity index (χ1) is 8.67. The van der Waals surface area contributed by atoms with Crippen LogP contribution in [-0.2, 0) is 6.42 Å². The zero-order valence-corrected chi connectivity index (χ0v) is 15.2. The summed E-state index contributed by atoms with van der Waals surface area (Å²) in [6.07, 6.45) is 1.08. The zero-order chi connectivity index (χ0) is 13.4. The Balaban J connectivity index is 0. The molecule has 0 spiro atoms. The van der Waals surface area contributed by atoms with Gasteiger partial charge in [0, 0.05) is 37.1 Å². The molecule has 6 heteroatoms. The van der Waals surface area contributed by atoms with Gasteiger partial charge in [-0.05, 0) is 38.2 Å². The van der Waals surface area contributed by atoms with E-state index in [9.17, 15) is 0 Å². The van der Waals surface area contributed by atoms with Crippen molar-refractivity contribution in [1.82, 2.24) is 4.90 Å². The smallest absolute Gasteiger partial charge is 0.0399 e. The van der Waals surface area contributed by atoms with Crippen molar-refractivity contribution < 1.29 is 0 Å². The number of benzene rings is 1. The topological polar surface area (TPSA) is 6.48 Å². The van der Waals surface area contributed by atoms with Crippen molar-refractivity contribution in [3.05, 3.63) is 29.8 Å². The van der Waals surface area contributed by atoms with Gasteiger partial charge in [0.25, 0.3) is 0 Å². The first kappa shape index (κ1) is 22.4. The minimum atomic E-state index is 0. The van der Waals surface area contributed by atoms with Gasteiger partial charge in [0.1, 0.15) is 0 Å². The molecular formula is C14H24Cl4N2. The molecule has 0 amide bonds. The van der Waals surface area contributed by atoms with E-state index in [-0.39, 0.29) is 24.8 Å². The lowest BCUT2D eigenvalue weighted by Gasteiger charge is -2.23. The summed E-state index contributed by atoms with van der Waals surface area (Å²) in [7, 11) is 4.19. The molecule has 0 heterocycles. The highest BCUT2D eigenvalue weighted by atomic mass is 35.5. The van der Waals surface area contributed by atoms with Crippen LogP contribution in [-0.4, -0.2) is 50.4 Å². The minimum absolute atomic E-state index is 0. The van der Waals surface area contributed by atoms with E-state index in [2.05, 4.69) is 48.2 Å². The molecule has 0 saturated heterocycles. The summed E-state index contributed by atoms with van der Waals surface area (Å²) in [5.41, 5.74) is 2.56. The molecule has 0 N–H and O–H groups in total. The molecule has 0 aliphatic carbocycles. The average Bonchev–Trinajstić information content (AvgIpc) is 2.37. The minimum Gasteiger partial charge on any atom is -0.369 e. The van der Waals surface area contributed by atoms with Crippen molar-refractivity contribution in [2.75, 3.05) is 50.4 Å². The third-order valence-electron chi connectivity index (χ3n) is 2.86. The second kappa shape index (κ2) is 12.8. The van der Waals surface area contributed by atoms with E-state index in [1.165, 1.54) is 11.3 Å². The van der Waals surface area contributed by atoms with Crippen molar-refractivity contribution in [3.63, 3.8) is 0 Å². The standard InChI is InChI=1S/C14H22Cl2N2.2ClH/c1-17(2)10-7-13-3-5-14(6-4-13)18(11-8-15)12-9-16;;/h3-6H,7-12H2,1-2H3;2*1H. The van der Waals surface area contributed by atoms with Gasteiger partial charge in [-0.2, -0.15) is 0 Å². The van der Waals surface area contributed by atoms with Crippen LogP contribution in [0, 0.1) is 0 Å². The van der Waals surface area contributed by atoms with Gasteiger partial charge in [0.15, 0.2) is 0 Å². The van der Waals surface area contributed by atoms with Gasteiger partial charge in [-0.15, -0.1) is 48.0 Å². The molecule has 20 heavy (non-hydrogen) atoms. The number of anilines is 1. The lowest BCUT2D eigenvalue weighted by Crippen LogP contribution is -2.27. The summed E-state index contributed by atoms with van der Waals surface area (Å²) >= 11 is 11.6. The van der Waals surface area contributed by atoms with Crippen LogP contribution in [0.1, 0.15) is 5.56 Å². The van der Waals surface area contributed by atoms with Gasteiger partial charge in [-0.25, -0.2) is 0 Å². The molecule has 1 aromatic rings. The molecular weight excluding hydrogens is 338 g/mol. The number of nitrogens with zero attached hydrogens (tertiary/aromatic N) is 2. The predicted octanol–water partition coefficient (Wildman–Crippen LogP) is 3.92. The lowest BCUT2D eigenvalue weighted by molar-refractivity contribution is 0.413. The molecule has 0 fully saturated rings. The van der Waals surface area contributed by atoms with Crippen LogP contribution in [0.2, 0.25) is 0 Å². The number of hydrogen-bond donors (Lipinski definition) is 0. The molecule has 0 aliphatic heterocycles. The highest BCUT2D eigenvalue weighted by molar-refractivity contribution is 6.18. The maximum atomic E-state index is 5.81. The van der Waals surface area contributed by atoms with Crippen LogP contribution in [0.25, 0.3) is 0 Å². The number of likely N-dealkylation sites (N-methyl/N-ethyl adjacent to an activating group) is 1. The summed E-state index contributed by atoms with van der Waals surface area (Å²) < 4.78 is 0. The summed E-state index contributed by atoms with van der Waals surface area (Å²) in [6, 6.07) is 8.69. The number of hydrogen-bond acceptors (Lipinski definition) is 2. The maximum Gasteiger partial charge on any atom is 0.0399 e. The van der Waals surface area contributed by atoms with Gasteiger partial charge in [-0.1, -0.05) is 12.1 Å². The van der Waals surface area contributed by atoms with Crippen molar-refractivity contribution in [3.8, 4) is 0 Å². The first-order valence-corrected chi connectivity index (χ1v) is 7.35. The van der Waals surface area contributed by atoms with E-state index >= 15 is 0 Å². The third-order valence-corrected chi connectivity index (χ3v) is 3.20. The molecule has 0 radical (unpaired) electrons. The Morgan fingerprint density at radius 2 is 1.35 bits per heavy atom. The Bertz CT molecular complexity index is 324. The van der Waals surface area contributed by atoms with E-state index in [4.69, 9.17) is 23.2 Å². The van der Waals surface area contributed by atoms with Crippen molar-refractivity contribution >= 4 is 53.7 Å². The van der Waals surface area contributed by atoms with Crippen molar-refractivity contribution in [2.24, 2.45) is 0 Å². The molecule has 0 bridgehead atoms. The lowest BCUT2D eigenvalue weighted by atomic mass is 10.1. The monoisotopic (exact) mass is 360 g/mol. The third kappa shape index (κ3) is 8.43. The van der Waals surface area contributed by atoms with Crippen LogP contribution in [0.4, 0.5) is 5.69 Å². The quantitative estimate of drug-likeness (QED) is 0.647. The molecule has 1 rings (SSSR count). The van der Waals surface area contributed by atoms with Crippen LogP contribution in [0.5, 0.6) is 0 Å². The SMILES string of the molecule is CN(C)CCc1ccc(N(CCCl)CCCl)cc1.Cl.Cl. The zero-order valence-electron chi connectivity index (χ0n) is 12.0. The van der Waals surface area contributed by atoms with Gasteiger partial charge in [0.05, 0.1) is 0 Å². The fourth-order valence-electron chi connectivity index (χ4n) is 1.80. The summed E-state index contributed by atoms with van der Waals surface area (Å²) in [5.74, 6) is 1.25. The van der Waals surface area contributed by atoms with Crippen LogP contribution in [0.3, 0.4) is 0 Å². The van der Waals surface area contributed by atoms with Gasteiger partial charge < -0.3 is 9.80 Å². The Morgan fingerprint density at radius 1 is 0.850 bits per heavy atom. The molecule has 0 aromatic heterocycles. The highest BCUT2D eigenvalue weighted by Gasteiger charge is 2.05.